The minimum Gasteiger partial charge on any atom is -0.0622 e. The molecular weight excluding hydrogens is 872 g/mol. The number of rotatable bonds is 6. The van der Waals surface area contributed by atoms with E-state index >= 15 is 0 Å². The number of aryl methyl sites for hydroxylation is 2. The Morgan fingerprint density at radius 1 is 0.466 bits per heavy atom. The first-order valence-corrected chi connectivity index (χ1v) is 23.9. The van der Waals surface area contributed by atoms with Crippen molar-refractivity contribution in [1.29, 1.82) is 0 Å². The van der Waals surface area contributed by atoms with Crippen LogP contribution in [0.4, 0.5) is 5.69 Å². The maximum absolute atomic E-state index is 7.50. The molecule has 295 valence electrons. The molecule has 0 spiro atoms. The second kappa shape index (κ2) is 29.0. The van der Waals surface area contributed by atoms with Gasteiger partial charge in [0.1, 0.15) is 0 Å². The zero-order valence-electron chi connectivity index (χ0n) is 33.6. The van der Waals surface area contributed by atoms with Crippen molar-refractivity contribution in [2.45, 2.75) is 34.6 Å². The second-order valence-electron chi connectivity index (χ2n) is 13.5. The maximum atomic E-state index is 7.50. The van der Waals surface area contributed by atoms with Crippen molar-refractivity contribution in [3.8, 4) is 0 Å². The Hall–Kier alpha value is -4.29. The van der Waals surface area contributed by atoms with Crippen LogP contribution in [0.3, 0.4) is 0 Å². The summed E-state index contributed by atoms with van der Waals surface area (Å²) in [5.74, 6) is 1.99. The fourth-order valence-corrected chi connectivity index (χ4v) is 9.95. The Labute approximate surface area is 366 Å². The number of halogens is 1. The smallest absolute Gasteiger partial charge is 0.0134 e. The molecule has 0 saturated carbocycles. The summed E-state index contributed by atoms with van der Waals surface area (Å²) >= 11 is 1.82. The number of hydrogen-bond donors (Lipinski definition) is 0. The first-order valence-electron chi connectivity index (χ1n) is 18.4. The van der Waals surface area contributed by atoms with Crippen molar-refractivity contribution < 1.29 is 22.0 Å². The van der Waals surface area contributed by atoms with Gasteiger partial charge in [-0.2, -0.15) is 0 Å². The van der Waals surface area contributed by atoms with E-state index in [1.54, 1.807) is 0 Å². The zero-order chi connectivity index (χ0) is 42.6. The van der Waals surface area contributed by atoms with Gasteiger partial charge in [0.25, 0.3) is 0 Å². The van der Waals surface area contributed by atoms with Crippen LogP contribution in [0, 0.1) is 32.5 Å². The van der Waals surface area contributed by atoms with Crippen LogP contribution in [0.15, 0.2) is 200 Å². The van der Waals surface area contributed by atoms with E-state index in [1.165, 1.54) is 31.8 Å². The molecule has 0 fully saturated rings. The molecule has 0 aliphatic carbocycles. The normalized spacial score (nSPS) is 9.76. The second-order valence-corrected chi connectivity index (χ2v) is 18.3. The summed E-state index contributed by atoms with van der Waals surface area (Å²) in [6.45, 7) is 21.7. The van der Waals surface area contributed by atoms with Crippen LogP contribution in [-0.4, -0.2) is 5.80 Å². The fraction of sp³-hybridized carbons (Fsp3) is 0.118. The molecule has 0 saturated heterocycles. The van der Waals surface area contributed by atoms with Gasteiger partial charge in [-0.1, -0.05) is 227 Å². The predicted octanol–water partition coefficient (Wildman–Crippen LogP) is 12.4. The molecule has 0 atom stereocenters. The molecule has 0 heterocycles. The van der Waals surface area contributed by atoms with Gasteiger partial charge in [-0.3, -0.25) is 0 Å². The minimum atomic E-state index is -0.446. The Morgan fingerprint density at radius 2 is 0.655 bits per heavy atom. The van der Waals surface area contributed by atoms with E-state index in [1.807, 2.05) is 55.2 Å². The van der Waals surface area contributed by atoms with Crippen molar-refractivity contribution in [3.05, 3.63) is 229 Å². The molecule has 0 radical (unpaired) electrons. The zero-order valence-corrected chi connectivity index (χ0v) is 38.9. The van der Waals surface area contributed by atoms with Crippen LogP contribution in [0.25, 0.3) is 4.85 Å². The van der Waals surface area contributed by atoms with Gasteiger partial charge >= 0.3 is 38.3 Å². The van der Waals surface area contributed by atoms with E-state index in [4.69, 9.17) is 11.2 Å². The summed E-state index contributed by atoms with van der Waals surface area (Å²) in [5, 5.41) is 8.39. The standard InChI is InChI=1S/2C18H15P.C9H9N.C5H11P.CO.ClH.Ru/c2*1-4-10-16(11-5-1)19(17-12-6-2-7-13-17)18-14-8-3-9-15-18;1-7-5-4-6-8(2)9(7)10-3;1-5(2,3)4-6;1-2;;/h2*1-15H;4-6H,1-2H3;4,6H,1-3H3;;1H;/q;;;;;;+1/p-1. The van der Waals surface area contributed by atoms with Gasteiger partial charge in [0, 0.05) is 0 Å². The molecule has 7 rings (SSSR count). The third-order valence-corrected chi connectivity index (χ3v) is 13.8. The minimum absolute atomic E-state index is 0.330. The van der Waals surface area contributed by atoms with Crippen molar-refractivity contribution in [2.75, 3.05) is 0 Å². The molecule has 0 aromatic heterocycles. The van der Waals surface area contributed by atoms with E-state index < -0.39 is 15.8 Å². The molecule has 58 heavy (non-hydrogen) atoms. The SMILES string of the molecule is CC(C)(C)C=P.[C-]#[N+]c1c(C)cccc1C.[C-]#[O+].[Cl][Ru].c1ccc(P(c2ccccc2)c2ccccc2)cc1.c1ccc(P(c2ccccc2)c2ccccc2)cc1. The van der Waals surface area contributed by atoms with E-state index in [9.17, 15) is 0 Å². The first kappa shape index (κ1) is 49.9. The van der Waals surface area contributed by atoms with E-state index in [2.05, 4.69) is 233 Å². The van der Waals surface area contributed by atoms with Crippen LogP contribution in [-0.2, 0) is 22.0 Å². The van der Waals surface area contributed by atoms with Gasteiger partial charge in [-0.15, -0.1) is 8.86 Å². The van der Waals surface area contributed by atoms with Crippen LogP contribution in [0.1, 0.15) is 31.9 Å². The summed E-state index contributed by atoms with van der Waals surface area (Å²) in [7, 11) is 6.96. The van der Waals surface area contributed by atoms with Crippen molar-refractivity contribution in [2.24, 2.45) is 5.41 Å². The molecule has 0 unspecified atom stereocenters. The van der Waals surface area contributed by atoms with Gasteiger partial charge in [0.05, 0.1) is 6.57 Å². The van der Waals surface area contributed by atoms with Crippen LogP contribution in [0.5, 0.6) is 0 Å². The van der Waals surface area contributed by atoms with Gasteiger partial charge < -0.3 is 0 Å². The molecule has 7 aromatic rings. The predicted molar refractivity (Wildman–Crippen MR) is 256 cm³/mol. The van der Waals surface area contributed by atoms with Crippen LogP contribution < -0.4 is 31.8 Å². The van der Waals surface area contributed by atoms with Crippen LogP contribution in [0.2, 0.25) is 0 Å². The van der Waals surface area contributed by atoms with Gasteiger partial charge in [0.15, 0.2) is 5.69 Å². The van der Waals surface area contributed by atoms with Crippen molar-refractivity contribution in [1.82, 2.24) is 0 Å². The maximum Gasteiger partial charge on any atom is -0.0134 e. The Morgan fingerprint density at radius 3 is 0.793 bits per heavy atom. The van der Waals surface area contributed by atoms with E-state index in [-0.39, 0.29) is 0 Å². The van der Waals surface area contributed by atoms with Gasteiger partial charge in [0.2, 0.25) is 0 Å². The first-order chi connectivity index (χ1) is 28.2. The molecule has 7 aromatic carbocycles. The summed E-state index contributed by atoms with van der Waals surface area (Å²) in [6, 6.07) is 70.5. The Bertz CT molecular complexity index is 1870. The van der Waals surface area contributed by atoms with Crippen molar-refractivity contribution >= 4 is 77.7 Å². The molecular formula is C51H50ClNOP3Ru. The molecule has 0 aliphatic rings. The average Bonchev–Trinajstić information content (AvgIpc) is 3.28. The van der Waals surface area contributed by atoms with Gasteiger partial charge in [-0.05, 0) is 78.1 Å². The third kappa shape index (κ3) is 17.7. The molecule has 7 heteroatoms. The third-order valence-electron chi connectivity index (χ3n) is 8.07. The summed E-state index contributed by atoms with van der Waals surface area (Å²) in [4.78, 5) is 3.42. The summed E-state index contributed by atoms with van der Waals surface area (Å²) < 4.78 is 7.50. The quantitative estimate of drug-likeness (QED) is 0.0687. The fourth-order valence-electron chi connectivity index (χ4n) is 5.34. The number of benzene rings is 7. The average molecular weight is 922 g/mol. The number of hydrogen-bond acceptors (Lipinski definition) is 0. The molecule has 0 bridgehead atoms. The Kier molecular flexibility index (Phi) is 24.9. The largest absolute Gasteiger partial charge is 0.0622 e. The number of para-hydroxylation sites is 1. The van der Waals surface area contributed by atoms with Gasteiger partial charge in [-0.25, -0.2) is 4.85 Å². The molecule has 2 nitrogen and oxygen atoms in total. The monoisotopic (exact) mass is 922 g/mol. The number of nitrogens with zero attached hydrogens (tertiary/aromatic N) is 1. The van der Waals surface area contributed by atoms with Crippen LogP contribution >= 0.6 is 34.4 Å². The summed E-state index contributed by atoms with van der Waals surface area (Å²) in [5.41, 5.74) is 3.25. The topological polar surface area (TPSA) is 24.3 Å². The Balaban J connectivity index is 0.000000279. The van der Waals surface area contributed by atoms with E-state index in [0.29, 0.717) is 5.41 Å². The molecule has 0 N–H and O–H groups in total. The molecule has 0 amide bonds. The van der Waals surface area contributed by atoms with Crippen molar-refractivity contribution in [3.63, 3.8) is 0 Å². The molecule has 0 aliphatic heterocycles. The van der Waals surface area contributed by atoms with E-state index in [0.717, 1.165) is 16.8 Å². The summed E-state index contributed by atoms with van der Waals surface area (Å²) in [6.07, 6.45) is 0.